The first-order chi connectivity index (χ1) is 18.3. The normalized spacial score (nSPS) is 19.6. The van der Waals surface area contributed by atoms with Gasteiger partial charge in [-0.25, -0.2) is 4.79 Å². The van der Waals surface area contributed by atoms with Gasteiger partial charge in [0.2, 0.25) is 0 Å². The average Bonchev–Trinajstić information content (AvgIpc) is 3.34. The topological polar surface area (TPSA) is 63.2 Å². The zero-order valence-corrected chi connectivity index (χ0v) is 24.5. The highest BCUT2D eigenvalue weighted by molar-refractivity contribution is 5.80. The van der Waals surface area contributed by atoms with Crippen LogP contribution in [0, 0.1) is 6.92 Å². The fourth-order valence-corrected chi connectivity index (χ4v) is 4.74. The summed E-state index contributed by atoms with van der Waals surface area (Å²) in [6.07, 6.45) is -2.40. The molecule has 0 bridgehead atoms. The molecule has 0 amide bonds. The Labute approximate surface area is 232 Å². The van der Waals surface area contributed by atoms with Gasteiger partial charge < -0.3 is 23.7 Å². The Bertz CT molecular complexity index is 1260. The van der Waals surface area contributed by atoms with Gasteiger partial charge in [0.15, 0.2) is 12.4 Å². The predicted molar refractivity (Wildman–Crippen MR) is 152 cm³/mol. The molecule has 0 unspecified atom stereocenters. The van der Waals surface area contributed by atoms with Crippen LogP contribution in [0.2, 0.25) is 0 Å². The predicted octanol–water partition coefficient (Wildman–Crippen LogP) is 7.37. The van der Waals surface area contributed by atoms with Crippen molar-refractivity contribution in [3.05, 3.63) is 88.5 Å². The quantitative estimate of drug-likeness (QED) is 0.244. The molecule has 3 aromatic carbocycles. The van der Waals surface area contributed by atoms with E-state index in [0.717, 1.165) is 33.6 Å². The second-order valence-electron chi connectivity index (χ2n) is 12.1. The van der Waals surface area contributed by atoms with Gasteiger partial charge in [0.25, 0.3) is 0 Å². The first-order valence-corrected chi connectivity index (χ1v) is 13.3. The third-order valence-electron chi connectivity index (χ3n) is 6.93. The van der Waals surface area contributed by atoms with E-state index in [0.29, 0.717) is 11.5 Å². The third kappa shape index (κ3) is 6.29. The van der Waals surface area contributed by atoms with Gasteiger partial charge in [0.05, 0.1) is 14.2 Å². The molecule has 0 N–H and O–H groups in total. The van der Waals surface area contributed by atoms with Gasteiger partial charge in [-0.3, -0.25) is 0 Å². The fraction of sp³-hybridized carbons (Fsp3) is 0.424. The van der Waals surface area contributed by atoms with Gasteiger partial charge in [-0.15, -0.1) is 0 Å². The molecule has 0 spiro atoms. The van der Waals surface area contributed by atoms with Gasteiger partial charge in [0, 0.05) is 16.7 Å². The lowest BCUT2D eigenvalue weighted by atomic mass is 9.78. The molecule has 1 fully saturated rings. The van der Waals surface area contributed by atoms with E-state index < -0.39 is 24.5 Å². The van der Waals surface area contributed by atoms with E-state index >= 15 is 0 Å². The molecule has 1 saturated heterocycles. The molecule has 1 aliphatic rings. The van der Waals surface area contributed by atoms with Crippen LogP contribution in [-0.2, 0) is 25.1 Å². The number of carbonyl (C=O) groups is 1. The Kier molecular flexibility index (Phi) is 8.10. The minimum atomic E-state index is -0.979. The zero-order valence-electron chi connectivity index (χ0n) is 24.5. The molecule has 39 heavy (non-hydrogen) atoms. The Balaban J connectivity index is 1.73. The van der Waals surface area contributed by atoms with Crippen molar-refractivity contribution in [3.8, 4) is 17.2 Å². The molecule has 4 rings (SSSR count). The molecule has 0 aliphatic carbocycles. The summed E-state index contributed by atoms with van der Waals surface area (Å²) in [7, 11) is 3.23. The van der Waals surface area contributed by atoms with Crippen LogP contribution in [0.25, 0.3) is 0 Å². The van der Waals surface area contributed by atoms with E-state index in [-0.39, 0.29) is 10.8 Å². The minimum absolute atomic E-state index is 0.240. The minimum Gasteiger partial charge on any atom is -0.497 e. The number of rotatable bonds is 6. The van der Waals surface area contributed by atoms with Crippen LogP contribution in [0.15, 0.2) is 60.7 Å². The van der Waals surface area contributed by atoms with Crippen molar-refractivity contribution in [2.45, 2.75) is 77.8 Å². The molecule has 6 heteroatoms. The highest BCUT2D eigenvalue weighted by Gasteiger charge is 2.44. The van der Waals surface area contributed by atoms with Crippen LogP contribution in [-0.4, -0.2) is 26.3 Å². The third-order valence-corrected chi connectivity index (χ3v) is 6.93. The van der Waals surface area contributed by atoms with Crippen molar-refractivity contribution in [1.29, 1.82) is 0 Å². The highest BCUT2D eigenvalue weighted by Crippen LogP contribution is 2.44. The fourth-order valence-electron chi connectivity index (χ4n) is 4.74. The molecule has 1 heterocycles. The second-order valence-corrected chi connectivity index (χ2v) is 12.1. The highest BCUT2D eigenvalue weighted by atomic mass is 16.7. The lowest BCUT2D eigenvalue weighted by Gasteiger charge is -2.30. The van der Waals surface area contributed by atoms with Gasteiger partial charge in [-0.05, 0) is 47.6 Å². The number of esters is 1. The standard InChI is InChI=1S/C33H40O6/c1-20-18-25(32(2,3)4)28(26(19-20)33(5,6)7)37-30(34)29-27(21-10-14-23(35-8)15-11-21)38-31(39-29)22-12-16-24(36-9)17-13-22/h10-19,27,29,31H,1-9H3/t27-,29+,31-/m0/s1. The summed E-state index contributed by atoms with van der Waals surface area (Å²) >= 11 is 0. The van der Waals surface area contributed by atoms with Crippen molar-refractivity contribution in [2.75, 3.05) is 14.2 Å². The Morgan fingerprint density at radius 2 is 1.18 bits per heavy atom. The molecule has 6 nitrogen and oxygen atoms in total. The van der Waals surface area contributed by atoms with Crippen LogP contribution in [0.5, 0.6) is 17.2 Å². The van der Waals surface area contributed by atoms with Crippen molar-refractivity contribution in [1.82, 2.24) is 0 Å². The number of aryl methyl sites for hydroxylation is 1. The van der Waals surface area contributed by atoms with E-state index in [1.54, 1.807) is 14.2 Å². The summed E-state index contributed by atoms with van der Waals surface area (Å²) < 4.78 is 29.6. The number of hydrogen-bond acceptors (Lipinski definition) is 6. The largest absolute Gasteiger partial charge is 0.497 e. The summed E-state index contributed by atoms with van der Waals surface area (Å²) in [6.45, 7) is 14.8. The maximum absolute atomic E-state index is 14.0. The molecular formula is C33H40O6. The molecule has 0 saturated carbocycles. The maximum atomic E-state index is 14.0. The number of benzene rings is 3. The number of carbonyl (C=O) groups excluding carboxylic acids is 1. The van der Waals surface area contributed by atoms with E-state index in [1.807, 2.05) is 48.5 Å². The Morgan fingerprint density at radius 3 is 1.62 bits per heavy atom. The van der Waals surface area contributed by atoms with Gasteiger partial charge in [0.1, 0.15) is 23.4 Å². The zero-order chi connectivity index (χ0) is 28.5. The van der Waals surface area contributed by atoms with Crippen molar-refractivity contribution in [3.63, 3.8) is 0 Å². The lowest BCUT2D eigenvalue weighted by Crippen LogP contribution is -2.32. The first kappa shape index (κ1) is 28.7. The molecule has 1 aliphatic heterocycles. The average molecular weight is 533 g/mol. The Hall–Kier alpha value is -3.35. The van der Waals surface area contributed by atoms with Crippen molar-refractivity contribution >= 4 is 5.97 Å². The molecule has 0 aromatic heterocycles. The summed E-state index contributed by atoms with van der Waals surface area (Å²) in [5.74, 6) is 1.54. The molecule has 3 atom stereocenters. The summed E-state index contributed by atoms with van der Waals surface area (Å²) in [6, 6.07) is 19.1. The lowest BCUT2D eigenvalue weighted by molar-refractivity contribution is -0.148. The van der Waals surface area contributed by atoms with Gasteiger partial charge >= 0.3 is 5.97 Å². The second kappa shape index (κ2) is 11.0. The molecule has 3 aromatic rings. The SMILES string of the molecule is COc1ccc([C@@H]2O[C@@H](C(=O)Oc3c(C(C)(C)C)cc(C)cc3C(C)(C)C)[C@H](c3ccc(OC)cc3)O2)cc1. The number of hydrogen-bond donors (Lipinski definition) is 0. The Morgan fingerprint density at radius 1 is 0.718 bits per heavy atom. The summed E-state index contributed by atoms with van der Waals surface area (Å²) in [4.78, 5) is 14.0. The van der Waals surface area contributed by atoms with Crippen molar-refractivity contribution in [2.24, 2.45) is 0 Å². The number of methoxy groups -OCH3 is 2. The van der Waals surface area contributed by atoms with E-state index in [2.05, 4.69) is 60.6 Å². The van der Waals surface area contributed by atoms with Crippen molar-refractivity contribution < 1.29 is 28.5 Å². The van der Waals surface area contributed by atoms with Crippen LogP contribution >= 0.6 is 0 Å². The summed E-state index contributed by atoms with van der Waals surface area (Å²) in [5.41, 5.74) is 4.18. The molecular weight excluding hydrogens is 492 g/mol. The van der Waals surface area contributed by atoms with E-state index in [9.17, 15) is 4.79 Å². The van der Waals surface area contributed by atoms with Crippen LogP contribution < -0.4 is 14.2 Å². The van der Waals surface area contributed by atoms with E-state index in [1.165, 1.54) is 0 Å². The molecule has 208 valence electrons. The van der Waals surface area contributed by atoms with Crippen LogP contribution in [0.1, 0.15) is 81.8 Å². The smallest absolute Gasteiger partial charge is 0.343 e. The molecule has 0 radical (unpaired) electrons. The van der Waals surface area contributed by atoms with E-state index in [4.69, 9.17) is 23.7 Å². The van der Waals surface area contributed by atoms with Crippen LogP contribution in [0.4, 0.5) is 0 Å². The van der Waals surface area contributed by atoms with Gasteiger partial charge in [-0.2, -0.15) is 0 Å². The monoisotopic (exact) mass is 532 g/mol. The number of ether oxygens (including phenoxy) is 5. The van der Waals surface area contributed by atoms with Crippen LogP contribution in [0.3, 0.4) is 0 Å². The van der Waals surface area contributed by atoms with Gasteiger partial charge in [-0.1, -0.05) is 83.5 Å². The first-order valence-electron chi connectivity index (χ1n) is 13.3. The maximum Gasteiger partial charge on any atom is 0.343 e. The summed E-state index contributed by atoms with van der Waals surface area (Å²) in [5, 5.41) is 0.